The van der Waals surface area contributed by atoms with E-state index in [1.807, 2.05) is 18.2 Å². The topological polar surface area (TPSA) is 57.9 Å². The Labute approximate surface area is 120 Å². The highest BCUT2D eigenvalue weighted by molar-refractivity contribution is 5.78. The molecule has 1 fully saturated rings. The van der Waals surface area contributed by atoms with Crippen molar-refractivity contribution in [2.24, 2.45) is 11.8 Å². The molecule has 108 valence electrons. The SMILES string of the molecule is CC(C)C1CCN(CCc2nc3ccc(N)cc3[nH]2)C1. The van der Waals surface area contributed by atoms with Crippen LogP contribution in [0.25, 0.3) is 11.0 Å². The van der Waals surface area contributed by atoms with Gasteiger partial charge in [0.15, 0.2) is 0 Å². The summed E-state index contributed by atoms with van der Waals surface area (Å²) in [6.07, 6.45) is 2.33. The number of hydrogen-bond acceptors (Lipinski definition) is 3. The van der Waals surface area contributed by atoms with Crippen LogP contribution >= 0.6 is 0 Å². The monoisotopic (exact) mass is 272 g/mol. The molecule has 1 aliphatic rings. The quantitative estimate of drug-likeness (QED) is 0.841. The minimum atomic E-state index is 0.784. The molecule has 0 amide bonds. The first-order valence-corrected chi connectivity index (χ1v) is 7.58. The molecule has 1 saturated heterocycles. The smallest absolute Gasteiger partial charge is 0.108 e. The molecular weight excluding hydrogens is 248 g/mol. The number of aromatic nitrogens is 2. The maximum atomic E-state index is 5.79. The number of nitrogens with two attached hydrogens (primary N) is 1. The number of nitrogens with zero attached hydrogens (tertiary/aromatic N) is 2. The molecule has 2 heterocycles. The van der Waals surface area contributed by atoms with Gasteiger partial charge >= 0.3 is 0 Å². The zero-order valence-electron chi connectivity index (χ0n) is 12.4. The third-order valence-corrected chi connectivity index (χ3v) is 4.47. The average Bonchev–Trinajstić information content (AvgIpc) is 3.01. The van der Waals surface area contributed by atoms with E-state index in [1.54, 1.807) is 0 Å². The van der Waals surface area contributed by atoms with Crippen LogP contribution in [0.2, 0.25) is 0 Å². The molecule has 1 aliphatic heterocycles. The summed E-state index contributed by atoms with van der Waals surface area (Å²) in [4.78, 5) is 10.6. The van der Waals surface area contributed by atoms with Crippen molar-refractivity contribution >= 4 is 16.7 Å². The highest BCUT2D eigenvalue weighted by Gasteiger charge is 2.24. The molecular formula is C16H24N4. The first-order chi connectivity index (χ1) is 9.61. The van der Waals surface area contributed by atoms with Crippen LogP contribution < -0.4 is 5.73 Å². The summed E-state index contributed by atoms with van der Waals surface area (Å²) < 4.78 is 0. The van der Waals surface area contributed by atoms with E-state index in [0.717, 1.165) is 47.3 Å². The van der Waals surface area contributed by atoms with Crippen LogP contribution in [0.1, 0.15) is 26.1 Å². The fourth-order valence-corrected chi connectivity index (χ4v) is 3.07. The Bertz CT molecular complexity index is 587. The second kappa shape index (κ2) is 5.44. The predicted octanol–water partition coefficient (Wildman–Crippen LogP) is 2.67. The highest BCUT2D eigenvalue weighted by atomic mass is 15.1. The van der Waals surface area contributed by atoms with Gasteiger partial charge in [-0.1, -0.05) is 13.8 Å². The van der Waals surface area contributed by atoms with E-state index >= 15 is 0 Å². The molecule has 1 unspecified atom stereocenters. The number of nitrogens with one attached hydrogen (secondary N) is 1. The number of anilines is 1. The molecule has 0 saturated carbocycles. The molecule has 4 nitrogen and oxygen atoms in total. The van der Waals surface area contributed by atoms with Crippen LogP contribution in [0.5, 0.6) is 0 Å². The summed E-state index contributed by atoms with van der Waals surface area (Å²) in [5, 5.41) is 0. The molecule has 0 aliphatic carbocycles. The van der Waals surface area contributed by atoms with Crippen molar-refractivity contribution < 1.29 is 0 Å². The Morgan fingerprint density at radius 2 is 2.30 bits per heavy atom. The number of nitrogen functional groups attached to an aromatic ring is 1. The van der Waals surface area contributed by atoms with Crippen LogP contribution in [0, 0.1) is 11.8 Å². The third-order valence-electron chi connectivity index (χ3n) is 4.47. The summed E-state index contributed by atoms with van der Waals surface area (Å²) in [7, 11) is 0. The Balaban J connectivity index is 1.60. The van der Waals surface area contributed by atoms with Crippen LogP contribution in [-0.2, 0) is 6.42 Å². The minimum absolute atomic E-state index is 0.784. The maximum Gasteiger partial charge on any atom is 0.108 e. The van der Waals surface area contributed by atoms with Gasteiger partial charge in [-0.25, -0.2) is 4.98 Å². The summed E-state index contributed by atoms with van der Waals surface area (Å²) in [6, 6.07) is 5.84. The van der Waals surface area contributed by atoms with E-state index in [2.05, 4.69) is 28.7 Å². The second-order valence-corrected chi connectivity index (χ2v) is 6.30. The number of hydrogen-bond donors (Lipinski definition) is 2. The van der Waals surface area contributed by atoms with Crippen LogP contribution in [0.4, 0.5) is 5.69 Å². The van der Waals surface area contributed by atoms with Gasteiger partial charge in [0.1, 0.15) is 5.82 Å². The Morgan fingerprint density at radius 3 is 3.05 bits per heavy atom. The lowest BCUT2D eigenvalue weighted by molar-refractivity contribution is 0.305. The normalized spacial score (nSPS) is 20.2. The highest BCUT2D eigenvalue weighted by Crippen LogP contribution is 2.23. The van der Waals surface area contributed by atoms with E-state index in [9.17, 15) is 0 Å². The summed E-state index contributed by atoms with van der Waals surface area (Å²) in [6.45, 7) is 8.23. The molecule has 1 aromatic heterocycles. The molecule has 0 bridgehead atoms. The lowest BCUT2D eigenvalue weighted by atomic mass is 9.95. The number of likely N-dealkylation sites (tertiary alicyclic amines) is 1. The molecule has 0 spiro atoms. The molecule has 4 heteroatoms. The van der Waals surface area contributed by atoms with E-state index < -0.39 is 0 Å². The Hall–Kier alpha value is -1.55. The zero-order chi connectivity index (χ0) is 14.1. The van der Waals surface area contributed by atoms with Gasteiger partial charge in [0, 0.05) is 25.2 Å². The number of aromatic amines is 1. The zero-order valence-corrected chi connectivity index (χ0v) is 12.4. The molecule has 1 aromatic carbocycles. The van der Waals surface area contributed by atoms with Gasteiger partial charge in [0.05, 0.1) is 11.0 Å². The average molecular weight is 272 g/mol. The fraction of sp³-hybridized carbons (Fsp3) is 0.562. The van der Waals surface area contributed by atoms with Crippen LogP contribution in [0.15, 0.2) is 18.2 Å². The number of fused-ring (bicyclic) bond motifs is 1. The van der Waals surface area contributed by atoms with Crippen molar-refractivity contribution in [2.45, 2.75) is 26.7 Å². The van der Waals surface area contributed by atoms with E-state index in [0.29, 0.717) is 0 Å². The van der Waals surface area contributed by atoms with Gasteiger partial charge in [-0.15, -0.1) is 0 Å². The third kappa shape index (κ3) is 2.80. The summed E-state index contributed by atoms with van der Waals surface area (Å²) in [5.41, 5.74) is 8.63. The molecule has 3 rings (SSSR count). The molecule has 3 N–H and O–H groups in total. The van der Waals surface area contributed by atoms with Crippen LogP contribution in [-0.4, -0.2) is 34.5 Å². The van der Waals surface area contributed by atoms with Crippen molar-refractivity contribution in [3.8, 4) is 0 Å². The lowest BCUT2D eigenvalue weighted by Crippen LogP contribution is -2.24. The van der Waals surface area contributed by atoms with Gasteiger partial charge in [0.2, 0.25) is 0 Å². The lowest BCUT2D eigenvalue weighted by Gasteiger charge is -2.17. The first-order valence-electron chi connectivity index (χ1n) is 7.58. The molecule has 2 aromatic rings. The minimum Gasteiger partial charge on any atom is -0.399 e. The van der Waals surface area contributed by atoms with E-state index in [1.165, 1.54) is 19.5 Å². The molecule has 1 atom stereocenters. The molecule has 20 heavy (non-hydrogen) atoms. The van der Waals surface area contributed by atoms with Gasteiger partial charge in [-0.2, -0.15) is 0 Å². The number of H-pyrrole nitrogens is 1. The van der Waals surface area contributed by atoms with Crippen LogP contribution in [0.3, 0.4) is 0 Å². The van der Waals surface area contributed by atoms with E-state index in [-0.39, 0.29) is 0 Å². The van der Waals surface area contributed by atoms with Crippen molar-refractivity contribution in [1.29, 1.82) is 0 Å². The standard InChI is InChI=1S/C16H24N4/c1-11(2)12-5-7-20(10-12)8-6-16-18-14-4-3-13(17)9-15(14)19-16/h3-4,9,11-12H,5-8,10,17H2,1-2H3,(H,18,19). The number of benzene rings is 1. The maximum absolute atomic E-state index is 5.79. The first kappa shape index (κ1) is 13.4. The van der Waals surface area contributed by atoms with Crippen molar-refractivity contribution in [3.63, 3.8) is 0 Å². The van der Waals surface area contributed by atoms with E-state index in [4.69, 9.17) is 5.73 Å². The summed E-state index contributed by atoms with van der Waals surface area (Å²) >= 11 is 0. The predicted molar refractivity (Wildman–Crippen MR) is 83.6 cm³/mol. The van der Waals surface area contributed by atoms with Gasteiger partial charge < -0.3 is 15.6 Å². The summed E-state index contributed by atoms with van der Waals surface area (Å²) in [5.74, 6) is 2.73. The Morgan fingerprint density at radius 1 is 1.45 bits per heavy atom. The Kier molecular flexibility index (Phi) is 3.66. The molecule has 0 radical (unpaired) electrons. The van der Waals surface area contributed by atoms with Gasteiger partial charge in [-0.05, 0) is 43.0 Å². The van der Waals surface area contributed by atoms with Gasteiger partial charge in [-0.3, -0.25) is 0 Å². The largest absolute Gasteiger partial charge is 0.399 e. The van der Waals surface area contributed by atoms with Crippen molar-refractivity contribution in [3.05, 3.63) is 24.0 Å². The van der Waals surface area contributed by atoms with Crippen molar-refractivity contribution in [2.75, 3.05) is 25.4 Å². The van der Waals surface area contributed by atoms with Crippen molar-refractivity contribution in [1.82, 2.24) is 14.9 Å². The number of imidazole rings is 1. The second-order valence-electron chi connectivity index (χ2n) is 6.30. The fourth-order valence-electron chi connectivity index (χ4n) is 3.07. The van der Waals surface area contributed by atoms with Gasteiger partial charge in [0.25, 0.3) is 0 Å². The number of rotatable bonds is 4.